The predicted octanol–water partition coefficient (Wildman–Crippen LogP) is 4.45. The first-order chi connectivity index (χ1) is 13.7. The third-order valence-electron chi connectivity index (χ3n) is 5.24. The van der Waals surface area contributed by atoms with Crippen molar-refractivity contribution in [2.24, 2.45) is 10.9 Å². The van der Waals surface area contributed by atoms with Gasteiger partial charge < -0.3 is 20.1 Å². The van der Waals surface area contributed by atoms with Gasteiger partial charge in [-0.2, -0.15) is 0 Å². The zero-order chi connectivity index (χ0) is 19.9. The van der Waals surface area contributed by atoms with Crippen molar-refractivity contribution in [2.75, 3.05) is 46.7 Å². The highest BCUT2D eigenvalue weighted by molar-refractivity contribution is 14.0. The number of guanidine groups is 1. The lowest BCUT2D eigenvalue weighted by atomic mass is 9.88. The fourth-order valence-electron chi connectivity index (χ4n) is 3.84. The lowest BCUT2D eigenvalue weighted by molar-refractivity contribution is 0.125. The van der Waals surface area contributed by atoms with Crippen LogP contribution >= 0.6 is 35.3 Å². The van der Waals surface area contributed by atoms with Gasteiger partial charge in [0, 0.05) is 36.3 Å². The fourth-order valence-corrected chi connectivity index (χ4v) is 4.82. The maximum Gasteiger partial charge on any atom is 0.195 e. The standard InChI is InChI=1S/C21H30N4O2S.HI/c1-22-21(24-16-9-10-17(26-3)18(13-16)27-4)23-14-15-7-5-11-25(2)20(15)19-8-6-12-28-19;/h6,8-10,12-13,15,20H,5,7,11,14H2,1-4H3,(H2,22,23,24);1H. The molecule has 0 saturated carbocycles. The van der Waals surface area contributed by atoms with Crippen molar-refractivity contribution in [1.29, 1.82) is 0 Å². The lowest BCUT2D eigenvalue weighted by Crippen LogP contribution is -2.42. The number of halogens is 1. The Hall–Kier alpha value is -1.52. The summed E-state index contributed by atoms with van der Waals surface area (Å²) >= 11 is 1.85. The number of benzene rings is 1. The van der Waals surface area contributed by atoms with Gasteiger partial charge in [0.1, 0.15) is 0 Å². The summed E-state index contributed by atoms with van der Waals surface area (Å²) in [6, 6.07) is 10.6. The average molecular weight is 530 g/mol. The van der Waals surface area contributed by atoms with Gasteiger partial charge >= 0.3 is 0 Å². The second kappa shape index (κ2) is 11.6. The molecule has 0 bridgehead atoms. The smallest absolute Gasteiger partial charge is 0.195 e. The van der Waals surface area contributed by atoms with Crippen molar-refractivity contribution in [1.82, 2.24) is 10.2 Å². The van der Waals surface area contributed by atoms with E-state index in [-0.39, 0.29) is 24.0 Å². The molecule has 1 aliphatic rings. The molecule has 3 rings (SSSR count). The van der Waals surface area contributed by atoms with Gasteiger partial charge in [-0.25, -0.2) is 0 Å². The average Bonchev–Trinajstić information content (AvgIpc) is 3.25. The minimum atomic E-state index is 0. The van der Waals surface area contributed by atoms with Crippen LogP contribution in [0.4, 0.5) is 5.69 Å². The Bertz CT molecular complexity index is 785. The van der Waals surface area contributed by atoms with Crippen LogP contribution in [0.2, 0.25) is 0 Å². The third-order valence-corrected chi connectivity index (χ3v) is 6.19. The molecule has 1 aliphatic heterocycles. The number of methoxy groups -OCH3 is 2. The topological polar surface area (TPSA) is 58.1 Å². The quantitative estimate of drug-likeness (QED) is 0.329. The molecule has 8 heteroatoms. The second-order valence-electron chi connectivity index (χ2n) is 6.99. The molecule has 0 aliphatic carbocycles. The summed E-state index contributed by atoms with van der Waals surface area (Å²) in [7, 11) is 7.29. The van der Waals surface area contributed by atoms with Gasteiger partial charge in [0.2, 0.25) is 0 Å². The maximum absolute atomic E-state index is 5.38. The van der Waals surface area contributed by atoms with Gasteiger partial charge in [-0.3, -0.25) is 9.89 Å². The van der Waals surface area contributed by atoms with Crippen LogP contribution in [0.5, 0.6) is 11.5 Å². The van der Waals surface area contributed by atoms with Crippen molar-refractivity contribution in [3.8, 4) is 11.5 Å². The number of rotatable bonds is 6. The Labute approximate surface area is 194 Å². The van der Waals surface area contributed by atoms with Gasteiger partial charge in [0.25, 0.3) is 0 Å². The summed E-state index contributed by atoms with van der Waals surface area (Å²) in [6.45, 7) is 2.03. The lowest BCUT2D eigenvalue weighted by Gasteiger charge is -2.39. The van der Waals surface area contributed by atoms with Crippen LogP contribution < -0.4 is 20.1 Å². The summed E-state index contributed by atoms with van der Waals surface area (Å²) in [5.41, 5.74) is 0.904. The predicted molar refractivity (Wildman–Crippen MR) is 132 cm³/mol. The third kappa shape index (κ3) is 5.99. The Morgan fingerprint density at radius 1 is 1.24 bits per heavy atom. The van der Waals surface area contributed by atoms with E-state index in [1.807, 2.05) is 29.5 Å². The van der Waals surface area contributed by atoms with Gasteiger partial charge in [-0.1, -0.05) is 6.07 Å². The van der Waals surface area contributed by atoms with E-state index in [1.54, 1.807) is 21.3 Å². The molecule has 1 aromatic carbocycles. The molecular formula is C21H31IN4O2S. The molecule has 2 N–H and O–H groups in total. The van der Waals surface area contributed by atoms with E-state index in [2.05, 4.69) is 45.1 Å². The summed E-state index contributed by atoms with van der Waals surface area (Å²) in [4.78, 5) is 8.30. The SMILES string of the molecule is CN=C(NCC1CCCN(C)C1c1cccs1)Nc1ccc(OC)c(OC)c1.I. The molecule has 0 amide bonds. The number of nitrogens with zero attached hydrogens (tertiary/aromatic N) is 2. The first-order valence-corrected chi connectivity index (χ1v) is 10.5. The van der Waals surface area contributed by atoms with Crippen molar-refractivity contribution in [2.45, 2.75) is 18.9 Å². The normalized spacial score (nSPS) is 19.9. The van der Waals surface area contributed by atoms with E-state index in [9.17, 15) is 0 Å². The monoisotopic (exact) mass is 530 g/mol. The summed E-state index contributed by atoms with van der Waals surface area (Å²) in [5.74, 6) is 2.70. The van der Waals surface area contributed by atoms with Crippen LogP contribution in [0.25, 0.3) is 0 Å². The number of ether oxygens (including phenoxy) is 2. The molecule has 160 valence electrons. The molecule has 1 fully saturated rings. The molecule has 2 aromatic rings. The highest BCUT2D eigenvalue weighted by Gasteiger charge is 2.31. The van der Waals surface area contributed by atoms with Crippen LogP contribution in [0.15, 0.2) is 40.7 Å². The van der Waals surface area contributed by atoms with Crippen LogP contribution in [0.3, 0.4) is 0 Å². The molecule has 2 atom stereocenters. The largest absolute Gasteiger partial charge is 0.493 e. The summed E-state index contributed by atoms with van der Waals surface area (Å²) in [5, 5.41) is 9.02. The Kier molecular flexibility index (Phi) is 9.51. The number of nitrogens with one attached hydrogen (secondary N) is 2. The van der Waals surface area contributed by atoms with Crippen LogP contribution in [-0.2, 0) is 0 Å². The molecule has 0 radical (unpaired) electrons. The molecule has 2 unspecified atom stereocenters. The number of likely N-dealkylation sites (tertiary alicyclic amines) is 1. The van der Waals surface area contributed by atoms with Crippen LogP contribution in [0.1, 0.15) is 23.8 Å². The van der Waals surface area contributed by atoms with Crippen LogP contribution in [-0.4, -0.2) is 52.3 Å². The molecular weight excluding hydrogens is 499 g/mol. The minimum Gasteiger partial charge on any atom is -0.493 e. The zero-order valence-electron chi connectivity index (χ0n) is 17.5. The van der Waals surface area contributed by atoms with Gasteiger partial charge in [0.15, 0.2) is 17.5 Å². The minimum absolute atomic E-state index is 0. The highest BCUT2D eigenvalue weighted by Crippen LogP contribution is 2.36. The number of aliphatic imine (C=N–C) groups is 1. The first kappa shape index (κ1) is 23.8. The van der Waals surface area contributed by atoms with Crippen molar-refractivity contribution in [3.05, 3.63) is 40.6 Å². The molecule has 2 heterocycles. The maximum atomic E-state index is 5.38. The molecule has 1 saturated heterocycles. The fraction of sp³-hybridized carbons (Fsp3) is 0.476. The van der Waals surface area contributed by atoms with E-state index in [0.717, 1.165) is 24.7 Å². The number of piperidine rings is 1. The number of anilines is 1. The summed E-state index contributed by atoms with van der Waals surface area (Å²) < 4.78 is 10.7. The van der Waals surface area contributed by atoms with Crippen molar-refractivity contribution < 1.29 is 9.47 Å². The van der Waals surface area contributed by atoms with E-state index in [0.29, 0.717) is 23.5 Å². The first-order valence-electron chi connectivity index (χ1n) is 9.59. The summed E-state index contributed by atoms with van der Waals surface area (Å²) in [6.07, 6.45) is 2.44. The number of thiophene rings is 1. The highest BCUT2D eigenvalue weighted by atomic mass is 127. The number of hydrogen-bond donors (Lipinski definition) is 2. The van der Waals surface area contributed by atoms with E-state index in [1.165, 1.54) is 17.7 Å². The molecule has 6 nitrogen and oxygen atoms in total. The van der Waals surface area contributed by atoms with Gasteiger partial charge in [0.05, 0.1) is 14.2 Å². The Balaban J connectivity index is 0.00000300. The zero-order valence-corrected chi connectivity index (χ0v) is 20.6. The Morgan fingerprint density at radius 3 is 2.69 bits per heavy atom. The van der Waals surface area contributed by atoms with E-state index < -0.39 is 0 Å². The van der Waals surface area contributed by atoms with Crippen molar-refractivity contribution >= 4 is 47.0 Å². The molecule has 29 heavy (non-hydrogen) atoms. The van der Waals surface area contributed by atoms with Crippen LogP contribution in [0, 0.1) is 5.92 Å². The van der Waals surface area contributed by atoms with E-state index >= 15 is 0 Å². The molecule has 1 aromatic heterocycles. The van der Waals surface area contributed by atoms with E-state index in [4.69, 9.17) is 9.47 Å². The van der Waals surface area contributed by atoms with Gasteiger partial charge in [-0.05, 0) is 55.9 Å². The van der Waals surface area contributed by atoms with Crippen molar-refractivity contribution in [3.63, 3.8) is 0 Å². The Morgan fingerprint density at radius 2 is 2.03 bits per heavy atom. The second-order valence-corrected chi connectivity index (χ2v) is 7.97. The molecule has 0 spiro atoms. The number of hydrogen-bond acceptors (Lipinski definition) is 5. The van der Waals surface area contributed by atoms with Gasteiger partial charge in [-0.15, -0.1) is 35.3 Å².